The van der Waals surface area contributed by atoms with E-state index in [1.165, 1.54) is 6.29 Å². The summed E-state index contributed by atoms with van der Waals surface area (Å²) in [6, 6.07) is 0. The van der Waals surface area contributed by atoms with Gasteiger partial charge in [-0.1, -0.05) is 0 Å². The zero-order chi connectivity index (χ0) is 4.12. The largest absolute Gasteiger partial charge is 1.00 e. The number of nitrogens with two attached hydrogens (primary N) is 1. The first-order valence-corrected chi connectivity index (χ1v) is 1.16. The molecule has 0 saturated heterocycles. The first-order chi connectivity index (χ1) is 2.41. The summed E-state index contributed by atoms with van der Waals surface area (Å²) < 4.78 is 0. The number of allylic oxidation sites excluding steroid dienone is 1. The van der Waals surface area contributed by atoms with Gasteiger partial charge in [-0.25, -0.2) is 0 Å². The molecule has 0 aromatic heterocycles. The van der Waals surface area contributed by atoms with Gasteiger partial charge in [-0.2, -0.15) is 12.3 Å². The van der Waals surface area contributed by atoms with Crippen LogP contribution in [0.15, 0.2) is 12.3 Å². The van der Waals surface area contributed by atoms with Gasteiger partial charge in [-0.15, -0.1) is 0 Å². The van der Waals surface area contributed by atoms with Gasteiger partial charge in [0.25, 0.3) is 0 Å². The third kappa shape index (κ3) is 9.19. The van der Waals surface area contributed by atoms with Crippen molar-refractivity contribution in [3.63, 3.8) is 0 Å². The van der Waals surface area contributed by atoms with Crippen LogP contribution in [0, 0.1) is 0 Å². The molecule has 0 aliphatic carbocycles. The molecule has 0 aromatic carbocycles. The van der Waals surface area contributed by atoms with Crippen LogP contribution in [0.5, 0.6) is 0 Å². The van der Waals surface area contributed by atoms with E-state index < -0.39 is 0 Å². The molecule has 0 aliphatic heterocycles. The molecule has 0 unspecified atom stereocenters. The van der Waals surface area contributed by atoms with Gasteiger partial charge >= 0.3 is 18.9 Å². The molecule has 6 heavy (non-hydrogen) atoms. The van der Waals surface area contributed by atoms with E-state index in [9.17, 15) is 0 Å². The predicted octanol–water partition coefficient (Wildman–Crippen LogP) is -3.43. The minimum Gasteiger partial charge on any atom is -0.481 e. The quantitative estimate of drug-likeness (QED) is 0.201. The zero-order valence-corrected chi connectivity index (χ0v) is 3.64. The van der Waals surface area contributed by atoms with Crippen molar-refractivity contribution in [1.29, 1.82) is 0 Å². The van der Waals surface area contributed by atoms with E-state index in [0.29, 0.717) is 0 Å². The first kappa shape index (κ1) is 9.26. The molecule has 0 fully saturated rings. The Balaban J connectivity index is 0. The number of hydrogen-bond acceptors (Lipinski definition) is 2. The summed E-state index contributed by atoms with van der Waals surface area (Å²) in [5, 5.41) is 0. The Bertz CT molecular complexity index is 52.8. The summed E-state index contributed by atoms with van der Waals surface area (Å²) in [4.78, 5) is 9.11. The van der Waals surface area contributed by atoms with Crippen molar-refractivity contribution in [2.45, 2.75) is 0 Å². The van der Waals surface area contributed by atoms with E-state index in [0.717, 1.165) is 12.3 Å². The normalized spacial score (nSPS) is 7.33. The number of rotatable bonds is 1. The molecule has 0 rings (SSSR count). The molecule has 0 spiro atoms. The molecule has 0 heterocycles. The van der Waals surface area contributed by atoms with Crippen molar-refractivity contribution in [2.24, 2.45) is 5.73 Å². The summed E-state index contributed by atoms with van der Waals surface area (Å²) in [6.45, 7) is 0. The minimum atomic E-state index is 0. The number of carbonyl (C=O) groups excluding carboxylic acids is 1. The standard InChI is InChI=1S/C3H4NO.Li/c4-2-1-3-5;/h1-2H,4H2;/q-1;+1. The fourth-order valence-corrected chi connectivity index (χ4v) is 0.0393. The maximum absolute atomic E-state index is 9.11. The van der Waals surface area contributed by atoms with Crippen LogP contribution in [0.2, 0.25) is 0 Å². The van der Waals surface area contributed by atoms with Gasteiger partial charge in [0.05, 0.1) is 0 Å². The molecule has 3 heteroatoms. The average Bonchev–Trinajstić information content (AvgIpc) is 1.41. The van der Waals surface area contributed by atoms with Gasteiger partial charge in [0, 0.05) is 0 Å². The van der Waals surface area contributed by atoms with Crippen molar-refractivity contribution in [3.8, 4) is 0 Å². The molecule has 0 radical (unpaired) electrons. The second-order valence-electron chi connectivity index (χ2n) is 0.477. The fourth-order valence-electron chi connectivity index (χ4n) is 0.0393. The first-order valence-electron chi connectivity index (χ1n) is 1.16. The summed E-state index contributed by atoms with van der Waals surface area (Å²) >= 11 is 0. The molecule has 0 aromatic rings. The summed E-state index contributed by atoms with van der Waals surface area (Å²) in [5.74, 6) is 0. The van der Waals surface area contributed by atoms with Crippen LogP contribution in [0.25, 0.3) is 0 Å². The molecule has 0 saturated carbocycles. The smallest absolute Gasteiger partial charge is 0.481 e. The molecule has 2 N–H and O–H groups in total. The minimum absolute atomic E-state index is 0. The van der Waals surface area contributed by atoms with Gasteiger partial charge in [0.15, 0.2) is 0 Å². The molecule has 0 amide bonds. The Labute approximate surface area is 48.6 Å². The Morgan fingerprint density at radius 1 is 1.67 bits per heavy atom. The van der Waals surface area contributed by atoms with E-state index in [1.54, 1.807) is 0 Å². The van der Waals surface area contributed by atoms with Crippen molar-refractivity contribution in [1.82, 2.24) is 0 Å². The van der Waals surface area contributed by atoms with Gasteiger partial charge in [0.1, 0.15) is 0 Å². The van der Waals surface area contributed by atoms with Crippen LogP contribution in [-0.4, -0.2) is 6.29 Å². The maximum atomic E-state index is 9.11. The van der Waals surface area contributed by atoms with E-state index in [2.05, 4.69) is 0 Å². The SMILES string of the molecule is NC=C[C-]=O.[Li+]. The van der Waals surface area contributed by atoms with Crippen molar-refractivity contribution in [2.75, 3.05) is 0 Å². The van der Waals surface area contributed by atoms with Crippen LogP contribution >= 0.6 is 0 Å². The zero-order valence-electron chi connectivity index (χ0n) is 3.64. The van der Waals surface area contributed by atoms with E-state index in [1.807, 2.05) is 0 Å². The fraction of sp³-hybridized carbons (Fsp3) is 0. The Hall–Kier alpha value is -0.193. The van der Waals surface area contributed by atoms with Crippen LogP contribution in [0.3, 0.4) is 0 Å². The summed E-state index contributed by atoms with van der Waals surface area (Å²) in [6.07, 6.45) is 3.69. The summed E-state index contributed by atoms with van der Waals surface area (Å²) in [7, 11) is 0. The van der Waals surface area contributed by atoms with E-state index in [4.69, 9.17) is 10.5 Å². The van der Waals surface area contributed by atoms with Gasteiger partial charge in [-0.3, -0.25) is 0 Å². The van der Waals surface area contributed by atoms with E-state index in [-0.39, 0.29) is 18.9 Å². The molecule has 28 valence electrons. The summed E-state index contributed by atoms with van der Waals surface area (Å²) in [5.41, 5.74) is 4.70. The van der Waals surface area contributed by atoms with Gasteiger partial charge in [-0.05, 0) is 6.29 Å². The molecular formula is C3H4LiNO. The van der Waals surface area contributed by atoms with Crippen LogP contribution < -0.4 is 24.6 Å². The second kappa shape index (κ2) is 8.84. The molecule has 0 atom stereocenters. The van der Waals surface area contributed by atoms with Crippen LogP contribution in [0.1, 0.15) is 0 Å². The van der Waals surface area contributed by atoms with Crippen molar-refractivity contribution >= 4 is 6.29 Å². The van der Waals surface area contributed by atoms with E-state index >= 15 is 0 Å². The van der Waals surface area contributed by atoms with Crippen molar-refractivity contribution in [3.05, 3.63) is 12.3 Å². The Kier molecular flexibility index (Phi) is 13.6. The third-order valence-corrected chi connectivity index (χ3v) is 0.164. The van der Waals surface area contributed by atoms with Crippen LogP contribution in [0.4, 0.5) is 0 Å². The third-order valence-electron chi connectivity index (χ3n) is 0.164. The molecule has 0 bridgehead atoms. The predicted molar refractivity (Wildman–Crippen MR) is 19.0 cm³/mol. The van der Waals surface area contributed by atoms with Crippen LogP contribution in [-0.2, 0) is 4.79 Å². The Morgan fingerprint density at radius 3 is 2.17 bits per heavy atom. The van der Waals surface area contributed by atoms with Gasteiger partial charge in [0.2, 0.25) is 0 Å². The molecular weight excluding hydrogens is 73.0 g/mol. The average molecular weight is 77.0 g/mol. The second-order valence-corrected chi connectivity index (χ2v) is 0.477. The monoisotopic (exact) mass is 77.0 g/mol. The molecule has 2 nitrogen and oxygen atoms in total. The topological polar surface area (TPSA) is 43.1 Å². The number of hydrogen-bond donors (Lipinski definition) is 1. The Morgan fingerprint density at radius 2 is 2.17 bits per heavy atom. The van der Waals surface area contributed by atoms with Gasteiger partial charge < -0.3 is 10.5 Å². The van der Waals surface area contributed by atoms with Crippen molar-refractivity contribution < 1.29 is 23.7 Å². The maximum Gasteiger partial charge on any atom is 1.00 e. The molecule has 0 aliphatic rings.